The molecule has 0 spiro atoms. The van der Waals surface area contributed by atoms with E-state index in [-0.39, 0.29) is 70.1 Å². The second-order valence-electron chi connectivity index (χ2n) is 17.0. The van der Waals surface area contributed by atoms with Gasteiger partial charge in [0.25, 0.3) is 41.9 Å². The number of halogens is 2. The minimum Gasteiger partial charge on any atom is -0.850 e. The molecule has 2 aliphatic heterocycles. The largest absolute Gasteiger partial charge is 1.00 e. The van der Waals surface area contributed by atoms with Crippen molar-refractivity contribution in [1.29, 1.82) is 0 Å². The Labute approximate surface area is 445 Å². The van der Waals surface area contributed by atoms with Gasteiger partial charge in [0.2, 0.25) is 24.5 Å². The van der Waals surface area contributed by atoms with Crippen LogP contribution in [0.4, 0.5) is 10.5 Å². The first-order valence-corrected chi connectivity index (χ1v) is 28.7. The summed E-state index contributed by atoms with van der Waals surface area (Å²) in [5, 5.41) is 38.8. The summed E-state index contributed by atoms with van der Waals surface area (Å²) in [5.74, 6) is 0.533. The van der Waals surface area contributed by atoms with Crippen molar-refractivity contribution in [3.05, 3.63) is 80.5 Å². The molecule has 22 nitrogen and oxygen atoms in total. The molecule has 3 aliphatic carbocycles. The number of amides is 4. The molecule has 9 N–H and O–H groups in total. The normalized spacial score (nSPS) is 16.3. The van der Waals surface area contributed by atoms with Gasteiger partial charge in [0.15, 0.2) is 0 Å². The van der Waals surface area contributed by atoms with Crippen LogP contribution < -0.4 is 65.6 Å². The van der Waals surface area contributed by atoms with E-state index in [0.717, 1.165) is 68.2 Å². The van der Waals surface area contributed by atoms with E-state index < -0.39 is 56.0 Å². The number of carbonyl (C=O) groups is 3. The maximum Gasteiger partial charge on any atom is 1.00 e. The van der Waals surface area contributed by atoms with Crippen LogP contribution in [0.15, 0.2) is 57.9 Å². The number of anilines is 1. The Kier molecular flexibility index (Phi) is 22.5. The van der Waals surface area contributed by atoms with Crippen molar-refractivity contribution in [2.45, 2.75) is 133 Å². The molecule has 0 saturated carbocycles. The Bertz CT molecular complexity index is 2940. The molecule has 4 amide bonds. The van der Waals surface area contributed by atoms with Gasteiger partial charge in [-0.1, -0.05) is 39.4 Å². The standard InChI is InChI=1S/C21H23N3O5S.2C8H10N2O4S.C4H9O.CH4.Cl2OS.Na/c25-20-16-11-18(29-17(16)8-3-9-22-20)30(27,28)24-21(26)23-19-14-6-1-4-12(14)10-13-5-2-7-15(13)19;9-15(12,13)7-4-5-6(14-7)2-1-3-10-8(5)11;9-15(12,13)8-4-5-6(10-11)2-1-3-7(5)14-8;1-4(2,3)5;;1-4(2)3;/h10-11H,1-9H2,(H,22,25)(H2,23,24,26);4H,1-3H2,(H,10,11)(H2,9,12,13);4,11H,1-3H2,(H2,9,12,13);1-3H3;1H4;;/q;;;-1;;;+1. The number of primary sulfonamides is 2. The van der Waals surface area contributed by atoms with E-state index in [0.29, 0.717) is 73.7 Å². The monoisotopic (exact) mass is 1120 g/mol. The predicted octanol–water partition coefficient (Wildman–Crippen LogP) is 1.32. The van der Waals surface area contributed by atoms with Gasteiger partial charge in [0, 0.05) is 83.2 Å². The maximum absolute atomic E-state index is 12.7. The van der Waals surface area contributed by atoms with Crippen LogP contribution in [0.3, 0.4) is 0 Å². The summed E-state index contributed by atoms with van der Waals surface area (Å²) >= 11 is 0. The van der Waals surface area contributed by atoms with Crippen molar-refractivity contribution in [3.8, 4) is 0 Å². The molecule has 9 rings (SSSR count). The van der Waals surface area contributed by atoms with Gasteiger partial charge in [-0.3, -0.25) is 9.59 Å². The molecule has 4 aromatic rings. The van der Waals surface area contributed by atoms with Gasteiger partial charge in [0.05, 0.1) is 16.8 Å². The van der Waals surface area contributed by atoms with E-state index in [2.05, 4.69) is 48.5 Å². The molecular formula is C42H56Cl2N7NaO15S4. The summed E-state index contributed by atoms with van der Waals surface area (Å²) < 4.78 is 96.2. The first-order valence-electron chi connectivity index (χ1n) is 21.3. The molecule has 0 fully saturated rings. The van der Waals surface area contributed by atoms with Gasteiger partial charge in [0.1, 0.15) is 17.3 Å². The van der Waals surface area contributed by atoms with E-state index in [1.807, 2.05) is 4.72 Å². The topological polar surface area (TPSA) is 366 Å². The predicted molar refractivity (Wildman–Crippen MR) is 258 cm³/mol. The summed E-state index contributed by atoms with van der Waals surface area (Å²) in [7, 11) is -4.60. The molecule has 0 atom stereocenters. The molecule has 0 unspecified atom stereocenters. The van der Waals surface area contributed by atoms with Crippen molar-refractivity contribution in [1.82, 2.24) is 15.4 Å². The van der Waals surface area contributed by atoms with Crippen LogP contribution in [0.25, 0.3) is 0 Å². The summed E-state index contributed by atoms with van der Waals surface area (Å²) in [4.78, 5) is 36.1. The van der Waals surface area contributed by atoms with E-state index >= 15 is 0 Å². The zero-order valence-electron chi connectivity index (χ0n) is 38.6. The van der Waals surface area contributed by atoms with Gasteiger partial charge < -0.3 is 39.5 Å². The third kappa shape index (κ3) is 17.4. The van der Waals surface area contributed by atoms with Crippen LogP contribution in [0.1, 0.15) is 133 Å². The van der Waals surface area contributed by atoms with Crippen LogP contribution in [-0.2, 0) is 84.2 Å². The van der Waals surface area contributed by atoms with E-state index in [4.69, 9.17) is 32.9 Å². The zero-order valence-corrected chi connectivity index (χ0v) is 45.3. The second-order valence-corrected chi connectivity index (χ2v) is 24.1. The van der Waals surface area contributed by atoms with E-state index in [1.54, 1.807) is 20.8 Å². The van der Waals surface area contributed by atoms with Crippen LogP contribution in [0.5, 0.6) is 0 Å². The number of sulfonamides is 3. The smallest absolute Gasteiger partial charge is 0.850 e. The van der Waals surface area contributed by atoms with Gasteiger partial charge in [-0.05, 0) is 86.5 Å². The first kappa shape index (κ1) is 61.5. The average Bonchev–Trinajstić information content (AvgIpc) is 4.08. The number of furan rings is 3. The number of fused-ring (bicyclic) bond motifs is 5. The summed E-state index contributed by atoms with van der Waals surface area (Å²) in [6.45, 7) is 5.97. The van der Waals surface area contributed by atoms with Crippen LogP contribution >= 0.6 is 21.4 Å². The molecule has 0 radical (unpaired) electrons. The first-order chi connectivity index (χ1) is 32.2. The molecule has 5 heterocycles. The fourth-order valence-corrected chi connectivity index (χ4v) is 9.71. The maximum atomic E-state index is 12.7. The SMILES string of the molecule is C.CC(C)(C)[O-].NS(=O)(=O)c1cc2c(o1)CCCC2=NO.NS(=O)(=O)c1cc2c(o1)CCCNC2=O.O=C(Nc1c2c(cc3c1CCC3)CCC2)NS(=O)(=O)c1cc2c(o1)CCCNC2=O.O=S(Cl)Cl.[Na+]. The van der Waals surface area contributed by atoms with Gasteiger partial charge >= 0.3 is 35.6 Å². The molecule has 0 saturated heterocycles. The number of hydrogen-bond donors (Lipinski definition) is 7. The number of nitrogens with zero attached hydrogens (tertiary/aromatic N) is 1. The Morgan fingerprint density at radius 1 is 0.704 bits per heavy atom. The van der Waals surface area contributed by atoms with Gasteiger partial charge in [-0.15, -0.1) is 5.60 Å². The average molecular weight is 1120 g/mol. The molecule has 71 heavy (non-hydrogen) atoms. The van der Waals surface area contributed by atoms with Crippen molar-refractivity contribution in [2.24, 2.45) is 15.4 Å². The summed E-state index contributed by atoms with van der Waals surface area (Å²) in [6, 6.07) is 5.08. The third-order valence-electron chi connectivity index (χ3n) is 10.6. The Morgan fingerprint density at radius 3 is 1.52 bits per heavy atom. The fraction of sp³-hybridized carbons (Fsp3) is 0.476. The number of nitrogens with one attached hydrogen (secondary N) is 4. The number of nitrogens with two attached hydrogens (primary N) is 2. The molecule has 1 aromatic carbocycles. The van der Waals surface area contributed by atoms with Crippen LogP contribution in [0, 0.1) is 0 Å². The number of carbonyl (C=O) groups excluding carboxylic acids is 3. The number of benzene rings is 1. The van der Waals surface area contributed by atoms with Crippen molar-refractivity contribution >= 4 is 89.9 Å². The number of aryl methyl sites for hydroxylation is 5. The Hall–Kier alpha value is -3.80. The van der Waals surface area contributed by atoms with Crippen molar-refractivity contribution in [2.75, 3.05) is 18.4 Å². The second kappa shape index (κ2) is 25.9. The van der Waals surface area contributed by atoms with Crippen molar-refractivity contribution < 1.29 is 97.0 Å². The number of rotatable bonds is 5. The minimum atomic E-state index is -4.25. The number of hydrogen-bond acceptors (Lipinski definition) is 16. The number of urea groups is 1. The molecule has 3 aromatic heterocycles. The van der Waals surface area contributed by atoms with E-state index in [9.17, 15) is 44.7 Å². The Balaban J connectivity index is 0.000000275. The zero-order chi connectivity index (χ0) is 51.1. The van der Waals surface area contributed by atoms with E-state index in [1.165, 1.54) is 29.3 Å². The number of oxime groups is 1. The van der Waals surface area contributed by atoms with Crippen LogP contribution in [0.2, 0.25) is 0 Å². The molecule has 5 aliphatic rings. The molecule has 388 valence electrons. The van der Waals surface area contributed by atoms with Gasteiger partial charge in [-0.2, -0.15) is 8.42 Å². The third-order valence-corrected chi connectivity index (χ3v) is 13.3. The van der Waals surface area contributed by atoms with Gasteiger partial charge in [-0.25, -0.2) is 40.8 Å². The Morgan fingerprint density at radius 2 is 1.08 bits per heavy atom. The fourth-order valence-electron chi connectivity index (χ4n) is 7.84. The minimum absolute atomic E-state index is 0. The summed E-state index contributed by atoms with van der Waals surface area (Å²) in [6.07, 6.45) is 10.2. The quantitative estimate of drug-likeness (QED) is 0.0641. The summed E-state index contributed by atoms with van der Waals surface area (Å²) in [5.41, 5.74) is 6.17. The van der Waals surface area contributed by atoms with Crippen molar-refractivity contribution in [3.63, 3.8) is 0 Å². The molecule has 0 bridgehead atoms. The van der Waals surface area contributed by atoms with Crippen LogP contribution in [-0.4, -0.2) is 76.9 Å². The molecule has 29 heteroatoms. The molecular weight excluding hydrogens is 1060 g/mol.